The molecule has 66 heavy (non-hydrogen) atoms. The van der Waals surface area contributed by atoms with Crippen molar-refractivity contribution in [2.45, 2.75) is 66.2 Å². The van der Waals surface area contributed by atoms with Crippen LogP contribution in [0, 0.1) is 31.8 Å². The summed E-state index contributed by atoms with van der Waals surface area (Å²) < 4.78 is 21.3. The molecular weight excluding hydrogens is 998 g/mol. The number of hydrogen-bond acceptors (Lipinski definition) is 5. The first-order valence-corrected chi connectivity index (χ1v) is 21.8. The zero-order valence-corrected chi connectivity index (χ0v) is 40.4. The summed E-state index contributed by atoms with van der Waals surface area (Å²) in [7, 11) is 0. The maximum Gasteiger partial charge on any atom is 0.197 e. The summed E-state index contributed by atoms with van der Waals surface area (Å²) in [6.45, 7) is 17.1. The molecule has 6 aromatic carbocycles. The van der Waals surface area contributed by atoms with Crippen molar-refractivity contribution in [2.24, 2.45) is 0 Å². The number of fused-ring (bicyclic) bond motifs is 7. The van der Waals surface area contributed by atoms with Crippen molar-refractivity contribution in [1.29, 1.82) is 0 Å². The van der Waals surface area contributed by atoms with Gasteiger partial charge in [0.05, 0.1) is 22.1 Å². The van der Waals surface area contributed by atoms with Crippen molar-refractivity contribution >= 4 is 60.0 Å². The predicted molar refractivity (Wildman–Crippen MR) is 264 cm³/mol. The molecule has 329 valence electrons. The molecule has 6 nitrogen and oxygen atoms in total. The maximum absolute atomic E-state index is 14.5. The average Bonchev–Trinajstić information content (AvgIpc) is 3.68. The average molecular weight is 1040 g/mol. The zero-order chi connectivity index (χ0) is 45.5. The van der Waals surface area contributed by atoms with Gasteiger partial charge in [0, 0.05) is 65.2 Å². The molecule has 0 unspecified atom stereocenters. The SMILES string of the molecule is CC(C)(C)c1ccc2c(=O)c3cc(-c4ccc5c(c4)oc4c(-c6ccccn6)[c-]ccc45)cc4c(=O)c5ccc(C(C)(C)C)cc5n(c2c1)c34.Cc1cnc(-c2[c-]cc(F)cc2)cc1C.[Ir]. The maximum atomic E-state index is 14.5. The Morgan fingerprint density at radius 1 is 0.606 bits per heavy atom. The summed E-state index contributed by atoms with van der Waals surface area (Å²) in [5.74, 6) is -0.275. The van der Waals surface area contributed by atoms with Gasteiger partial charge in [-0.25, -0.2) is 0 Å². The first-order chi connectivity index (χ1) is 31.0. The molecule has 1 radical (unpaired) electrons. The molecular formula is C58H46FIrN3O3-2. The third-order valence-electron chi connectivity index (χ3n) is 12.6. The van der Waals surface area contributed by atoms with Crippen LogP contribution in [0.2, 0.25) is 0 Å². The van der Waals surface area contributed by atoms with Crippen LogP contribution in [0.1, 0.15) is 63.8 Å². The number of aryl methyl sites for hydroxylation is 2. The van der Waals surface area contributed by atoms with E-state index in [-0.39, 0.29) is 47.6 Å². The van der Waals surface area contributed by atoms with Crippen molar-refractivity contribution in [2.75, 3.05) is 0 Å². The van der Waals surface area contributed by atoms with Gasteiger partial charge in [0.1, 0.15) is 5.58 Å². The third-order valence-corrected chi connectivity index (χ3v) is 12.6. The number of nitrogens with zero attached hydrogens (tertiary/aromatic N) is 3. The molecule has 11 rings (SSSR count). The van der Waals surface area contributed by atoms with Crippen LogP contribution in [0.25, 0.3) is 93.7 Å². The van der Waals surface area contributed by atoms with Crippen LogP contribution in [0.15, 0.2) is 148 Å². The van der Waals surface area contributed by atoms with Gasteiger partial charge in [-0.3, -0.25) is 14.0 Å². The van der Waals surface area contributed by atoms with E-state index in [0.29, 0.717) is 32.6 Å². The Morgan fingerprint density at radius 3 is 1.83 bits per heavy atom. The van der Waals surface area contributed by atoms with Gasteiger partial charge in [0.2, 0.25) is 0 Å². The van der Waals surface area contributed by atoms with Crippen LogP contribution in [-0.4, -0.2) is 14.4 Å². The zero-order valence-electron chi connectivity index (χ0n) is 38.0. The van der Waals surface area contributed by atoms with E-state index in [1.54, 1.807) is 12.3 Å². The minimum Gasteiger partial charge on any atom is -0.501 e. The Kier molecular flexibility index (Phi) is 11.1. The van der Waals surface area contributed by atoms with E-state index in [4.69, 9.17) is 4.42 Å². The molecule has 0 atom stereocenters. The van der Waals surface area contributed by atoms with Gasteiger partial charge in [0.25, 0.3) is 0 Å². The number of pyridine rings is 4. The number of aromatic nitrogens is 3. The number of rotatable bonds is 3. The molecule has 8 heteroatoms. The Hall–Kier alpha value is -6.86. The van der Waals surface area contributed by atoms with E-state index in [1.807, 2.05) is 98.9 Å². The molecule has 0 aliphatic heterocycles. The Labute approximate surface area is 395 Å². The minimum absolute atomic E-state index is 0. The molecule has 0 bridgehead atoms. The second-order valence-corrected chi connectivity index (χ2v) is 19.1. The van der Waals surface area contributed by atoms with Gasteiger partial charge in [-0.15, -0.1) is 48.0 Å². The normalized spacial score (nSPS) is 12.0. The predicted octanol–water partition coefficient (Wildman–Crippen LogP) is 13.9. The Balaban J connectivity index is 0.000000291. The fraction of sp³-hybridized carbons (Fsp3) is 0.172. The fourth-order valence-electron chi connectivity index (χ4n) is 8.76. The van der Waals surface area contributed by atoms with Crippen LogP contribution in [-0.2, 0) is 30.9 Å². The first-order valence-electron chi connectivity index (χ1n) is 21.8. The van der Waals surface area contributed by atoms with Gasteiger partial charge in [-0.1, -0.05) is 101 Å². The van der Waals surface area contributed by atoms with Gasteiger partial charge in [0.15, 0.2) is 10.9 Å². The molecule has 5 aromatic heterocycles. The summed E-state index contributed by atoms with van der Waals surface area (Å²) >= 11 is 0. The van der Waals surface area contributed by atoms with Crippen molar-refractivity contribution in [3.05, 3.63) is 194 Å². The van der Waals surface area contributed by atoms with Crippen LogP contribution in [0.3, 0.4) is 0 Å². The summed E-state index contributed by atoms with van der Waals surface area (Å²) in [6.07, 6.45) is 3.58. The standard InChI is InChI=1S/C45H35N2O3.C13H11FN.Ir/c1-44(2,3)27-14-17-32-37(23-27)47-38-24-28(45(4,5)6)15-18-33(38)42(49)35-21-26(20-34(40(35)47)41(32)48)25-13-16-29-30-10-9-11-31(36-12-7-8-19-46-36)43(30)50-39(29)22-25;1-9-7-13(15-8-10(9)2)11-3-5-12(14)6-4-11;/h7-10,12-24H,1-6H3;3,5-8H,1-2H3;/q2*-1;. The smallest absolute Gasteiger partial charge is 0.197 e. The molecule has 0 fully saturated rings. The summed E-state index contributed by atoms with van der Waals surface area (Å²) in [5, 5.41) is 4.24. The van der Waals surface area contributed by atoms with Crippen LogP contribution in [0.4, 0.5) is 4.39 Å². The summed E-state index contributed by atoms with van der Waals surface area (Å²) in [4.78, 5) is 37.8. The van der Waals surface area contributed by atoms with Gasteiger partial charge in [-0.05, 0) is 112 Å². The number of furan rings is 1. The number of benzene rings is 6. The van der Waals surface area contributed by atoms with Crippen LogP contribution >= 0.6 is 0 Å². The molecule has 11 aromatic rings. The van der Waals surface area contributed by atoms with Crippen molar-refractivity contribution < 1.29 is 28.9 Å². The van der Waals surface area contributed by atoms with E-state index >= 15 is 0 Å². The van der Waals surface area contributed by atoms with E-state index in [1.165, 1.54) is 17.7 Å². The molecule has 0 spiro atoms. The van der Waals surface area contributed by atoms with E-state index in [2.05, 4.69) is 92.3 Å². The van der Waals surface area contributed by atoms with Crippen molar-refractivity contribution in [3.63, 3.8) is 0 Å². The molecule has 0 aliphatic rings. The Morgan fingerprint density at radius 2 is 1.26 bits per heavy atom. The molecule has 5 heterocycles. The first kappa shape index (κ1) is 44.3. The molecule has 0 N–H and O–H groups in total. The van der Waals surface area contributed by atoms with Crippen molar-refractivity contribution in [3.8, 4) is 33.6 Å². The molecule has 0 saturated heterocycles. The molecule has 0 aliphatic carbocycles. The number of halogens is 1. The number of hydrogen-bond donors (Lipinski definition) is 0. The van der Waals surface area contributed by atoms with Crippen molar-refractivity contribution in [1.82, 2.24) is 14.4 Å². The van der Waals surface area contributed by atoms with E-state index < -0.39 is 0 Å². The largest absolute Gasteiger partial charge is 0.501 e. The quantitative estimate of drug-likeness (QED) is 0.100. The van der Waals surface area contributed by atoms with Crippen LogP contribution < -0.4 is 10.9 Å². The molecule has 0 amide bonds. The van der Waals surface area contributed by atoms with Crippen LogP contribution in [0.5, 0.6) is 0 Å². The van der Waals surface area contributed by atoms with Gasteiger partial charge in [-0.2, -0.15) is 0 Å². The molecule has 0 saturated carbocycles. The second kappa shape index (κ2) is 16.5. The topological polar surface area (TPSA) is 77.5 Å². The minimum atomic E-state index is -0.275. The summed E-state index contributed by atoms with van der Waals surface area (Å²) in [6, 6.07) is 44.5. The second-order valence-electron chi connectivity index (χ2n) is 19.1. The van der Waals surface area contributed by atoms with E-state index in [9.17, 15) is 14.0 Å². The Bertz CT molecular complexity index is 3690. The summed E-state index contributed by atoms with van der Waals surface area (Å²) in [5.41, 5.74) is 12.7. The van der Waals surface area contributed by atoms with E-state index in [0.717, 1.165) is 77.7 Å². The van der Waals surface area contributed by atoms with Gasteiger partial charge < -0.3 is 18.8 Å². The third kappa shape index (κ3) is 7.68. The fourth-order valence-corrected chi connectivity index (χ4v) is 8.76. The van der Waals surface area contributed by atoms with Gasteiger partial charge >= 0.3 is 0 Å². The monoisotopic (exact) mass is 1040 g/mol.